The molecular weight excluding hydrogens is 316 g/mol. The van der Waals surface area contributed by atoms with E-state index in [9.17, 15) is 14.9 Å². The number of nitrogens with zero attached hydrogens (tertiary/aromatic N) is 3. The minimum atomic E-state index is -0.523. The van der Waals surface area contributed by atoms with Crippen molar-refractivity contribution < 1.29 is 9.72 Å². The third kappa shape index (κ3) is 4.20. The summed E-state index contributed by atoms with van der Waals surface area (Å²) in [7, 11) is 1.74. The molecule has 0 atom stereocenters. The average Bonchev–Trinajstić information content (AvgIpc) is 2.82. The quantitative estimate of drug-likeness (QED) is 0.518. The maximum absolute atomic E-state index is 11.8. The first kappa shape index (κ1) is 15.3. The van der Waals surface area contributed by atoms with Crippen LogP contribution in [0.5, 0.6) is 0 Å². The van der Waals surface area contributed by atoms with E-state index in [2.05, 4.69) is 10.4 Å². The highest BCUT2D eigenvalue weighted by Gasteiger charge is 2.16. The van der Waals surface area contributed by atoms with E-state index in [-0.39, 0.29) is 22.4 Å². The van der Waals surface area contributed by atoms with Crippen LogP contribution in [0.25, 0.3) is 0 Å². The Bertz CT molecular complexity index is 689. The average molecular weight is 327 g/mol. The molecule has 0 spiro atoms. The number of carbonyl (C=O) groups is 1. The van der Waals surface area contributed by atoms with Gasteiger partial charge in [0.15, 0.2) is 5.82 Å². The SMILES string of the molecule is Cn1ccc(NC(=O)CSc2ccc(Cl)cc2[N+](=O)[O-])n1. The van der Waals surface area contributed by atoms with Gasteiger partial charge in [0.25, 0.3) is 5.69 Å². The molecule has 1 aromatic heterocycles. The van der Waals surface area contributed by atoms with E-state index in [1.807, 2.05) is 0 Å². The van der Waals surface area contributed by atoms with Gasteiger partial charge in [0.05, 0.1) is 15.6 Å². The summed E-state index contributed by atoms with van der Waals surface area (Å²) in [6.45, 7) is 0. The van der Waals surface area contributed by atoms with Gasteiger partial charge in [0.1, 0.15) is 0 Å². The Kier molecular flexibility index (Phi) is 4.81. The van der Waals surface area contributed by atoms with E-state index in [0.29, 0.717) is 10.7 Å². The van der Waals surface area contributed by atoms with Crippen LogP contribution in [0.15, 0.2) is 35.4 Å². The van der Waals surface area contributed by atoms with Gasteiger partial charge in [-0.2, -0.15) is 5.10 Å². The van der Waals surface area contributed by atoms with Crippen LogP contribution in [0.3, 0.4) is 0 Å². The van der Waals surface area contributed by atoms with Crippen LogP contribution in [0.1, 0.15) is 0 Å². The number of anilines is 1. The van der Waals surface area contributed by atoms with Crippen LogP contribution in [0, 0.1) is 10.1 Å². The number of nitrogens with one attached hydrogen (secondary N) is 1. The maximum atomic E-state index is 11.8. The Morgan fingerprint density at radius 3 is 2.90 bits per heavy atom. The summed E-state index contributed by atoms with van der Waals surface area (Å²) < 4.78 is 1.56. The molecule has 1 N–H and O–H groups in total. The normalized spacial score (nSPS) is 10.4. The number of thioether (sulfide) groups is 1. The van der Waals surface area contributed by atoms with Gasteiger partial charge in [0, 0.05) is 30.4 Å². The molecule has 1 aromatic carbocycles. The summed E-state index contributed by atoms with van der Waals surface area (Å²) >= 11 is 6.80. The lowest BCUT2D eigenvalue weighted by Gasteiger charge is -2.04. The van der Waals surface area contributed by atoms with Crippen molar-refractivity contribution in [3.05, 3.63) is 45.6 Å². The largest absolute Gasteiger partial charge is 0.308 e. The molecule has 0 aliphatic carbocycles. The lowest BCUT2D eigenvalue weighted by atomic mass is 10.3. The fourth-order valence-corrected chi connectivity index (χ4v) is 2.53. The highest BCUT2D eigenvalue weighted by atomic mass is 35.5. The molecule has 1 amide bonds. The summed E-state index contributed by atoms with van der Waals surface area (Å²) in [4.78, 5) is 22.6. The number of carbonyl (C=O) groups excluding carboxylic acids is 1. The van der Waals surface area contributed by atoms with Crippen molar-refractivity contribution in [1.82, 2.24) is 9.78 Å². The Morgan fingerprint density at radius 1 is 1.52 bits per heavy atom. The molecule has 2 rings (SSSR count). The van der Waals surface area contributed by atoms with Crippen LogP contribution < -0.4 is 5.32 Å². The number of nitro benzene ring substituents is 1. The first-order chi connectivity index (χ1) is 9.95. The molecule has 1 heterocycles. The fourth-order valence-electron chi connectivity index (χ4n) is 1.56. The molecule has 0 aliphatic heterocycles. The second kappa shape index (κ2) is 6.59. The van der Waals surface area contributed by atoms with Gasteiger partial charge in [-0.3, -0.25) is 19.6 Å². The smallest absolute Gasteiger partial charge is 0.284 e. The molecule has 9 heteroatoms. The van der Waals surface area contributed by atoms with E-state index < -0.39 is 4.92 Å². The maximum Gasteiger partial charge on any atom is 0.284 e. The lowest BCUT2D eigenvalue weighted by Crippen LogP contribution is -2.14. The molecule has 0 radical (unpaired) electrons. The predicted molar refractivity (Wildman–Crippen MR) is 80.7 cm³/mol. The zero-order chi connectivity index (χ0) is 15.4. The summed E-state index contributed by atoms with van der Waals surface area (Å²) in [5.74, 6) is 0.190. The molecule has 0 unspecified atom stereocenters. The van der Waals surface area contributed by atoms with E-state index in [0.717, 1.165) is 11.8 Å². The first-order valence-electron chi connectivity index (χ1n) is 5.82. The van der Waals surface area contributed by atoms with Crippen LogP contribution in [-0.2, 0) is 11.8 Å². The van der Waals surface area contributed by atoms with Gasteiger partial charge in [-0.05, 0) is 12.1 Å². The third-order valence-corrected chi connectivity index (χ3v) is 3.76. The standard InChI is InChI=1S/C12H11ClN4O3S/c1-16-5-4-11(15-16)14-12(18)7-21-10-3-2-8(13)6-9(10)17(19)20/h2-6H,7H2,1H3,(H,14,15,18). The van der Waals surface area contributed by atoms with Gasteiger partial charge in [-0.25, -0.2) is 0 Å². The fraction of sp³-hybridized carbons (Fsp3) is 0.167. The second-order valence-electron chi connectivity index (χ2n) is 4.08. The van der Waals surface area contributed by atoms with E-state index >= 15 is 0 Å². The monoisotopic (exact) mass is 326 g/mol. The summed E-state index contributed by atoms with van der Waals surface area (Å²) in [6.07, 6.45) is 1.70. The van der Waals surface area contributed by atoms with E-state index in [1.165, 1.54) is 12.1 Å². The van der Waals surface area contributed by atoms with Crippen molar-refractivity contribution in [2.24, 2.45) is 7.05 Å². The van der Waals surface area contributed by atoms with Crippen molar-refractivity contribution in [2.75, 3.05) is 11.1 Å². The lowest BCUT2D eigenvalue weighted by molar-refractivity contribution is -0.387. The van der Waals surface area contributed by atoms with Crippen molar-refractivity contribution in [1.29, 1.82) is 0 Å². The molecule has 0 aliphatic rings. The number of nitro groups is 1. The minimum absolute atomic E-state index is 0.0407. The number of aromatic nitrogens is 2. The van der Waals surface area contributed by atoms with Gasteiger partial charge < -0.3 is 5.32 Å². The highest BCUT2D eigenvalue weighted by molar-refractivity contribution is 8.00. The Balaban J connectivity index is 1.99. The molecule has 110 valence electrons. The zero-order valence-corrected chi connectivity index (χ0v) is 12.5. The topological polar surface area (TPSA) is 90.1 Å². The van der Waals surface area contributed by atoms with E-state index in [4.69, 9.17) is 11.6 Å². The molecule has 0 saturated carbocycles. The summed E-state index contributed by atoms with van der Waals surface area (Å²) in [5, 5.41) is 17.8. The number of halogens is 1. The van der Waals surface area contributed by atoms with Gasteiger partial charge >= 0.3 is 0 Å². The van der Waals surface area contributed by atoms with Crippen molar-refractivity contribution in [3.63, 3.8) is 0 Å². The molecule has 0 fully saturated rings. The van der Waals surface area contributed by atoms with Crippen LogP contribution >= 0.6 is 23.4 Å². The number of hydrogen-bond donors (Lipinski definition) is 1. The van der Waals surface area contributed by atoms with Crippen molar-refractivity contribution >= 4 is 40.8 Å². The number of rotatable bonds is 5. The Labute approximate surface area is 129 Å². The van der Waals surface area contributed by atoms with Gasteiger partial charge in [-0.15, -0.1) is 11.8 Å². The Morgan fingerprint density at radius 2 is 2.29 bits per heavy atom. The number of hydrogen-bond acceptors (Lipinski definition) is 5. The van der Waals surface area contributed by atoms with Crippen LogP contribution in [0.4, 0.5) is 11.5 Å². The van der Waals surface area contributed by atoms with E-state index in [1.54, 1.807) is 30.1 Å². The van der Waals surface area contributed by atoms with Gasteiger partial charge in [0.2, 0.25) is 5.91 Å². The molecule has 2 aromatic rings. The van der Waals surface area contributed by atoms with Crippen molar-refractivity contribution in [3.8, 4) is 0 Å². The highest BCUT2D eigenvalue weighted by Crippen LogP contribution is 2.31. The molecular formula is C12H11ClN4O3S. The third-order valence-electron chi connectivity index (χ3n) is 2.46. The molecule has 0 bridgehead atoms. The predicted octanol–water partition coefficient (Wildman–Crippen LogP) is 2.71. The number of aryl methyl sites for hydroxylation is 1. The first-order valence-corrected chi connectivity index (χ1v) is 7.18. The summed E-state index contributed by atoms with van der Waals surface area (Å²) in [5.41, 5.74) is -0.113. The Hall–Kier alpha value is -2.06. The summed E-state index contributed by atoms with van der Waals surface area (Å²) in [6, 6.07) is 6.00. The second-order valence-corrected chi connectivity index (χ2v) is 5.53. The number of benzene rings is 1. The van der Waals surface area contributed by atoms with Crippen LogP contribution in [-0.4, -0.2) is 26.4 Å². The van der Waals surface area contributed by atoms with Crippen LogP contribution in [0.2, 0.25) is 5.02 Å². The number of amides is 1. The molecule has 0 saturated heterocycles. The van der Waals surface area contributed by atoms with Gasteiger partial charge in [-0.1, -0.05) is 11.6 Å². The minimum Gasteiger partial charge on any atom is -0.308 e. The molecule has 21 heavy (non-hydrogen) atoms. The zero-order valence-electron chi connectivity index (χ0n) is 10.9. The molecule has 7 nitrogen and oxygen atoms in total. The van der Waals surface area contributed by atoms with Crippen molar-refractivity contribution in [2.45, 2.75) is 4.90 Å².